The summed E-state index contributed by atoms with van der Waals surface area (Å²) in [5.74, 6) is 1.09. The number of nitrogens with one attached hydrogen (secondary N) is 1. The third-order valence-corrected chi connectivity index (χ3v) is 4.15. The first-order valence-corrected chi connectivity index (χ1v) is 7.92. The SMILES string of the molecule is CCCNCc1occc1CN1CCc2ccccc2C1. The molecule has 1 aliphatic rings. The molecule has 0 atom stereocenters. The molecule has 0 spiro atoms. The van der Waals surface area contributed by atoms with Crippen molar-refractivity contribution < 1.29 is 4.42 Å². The van der Waals surface area contributed by atoms with Gasteiger partial charge in [-0.3, -0.25) is 4.90 Å². The molecule has 0 unspecified atom stereocenters. The fourth-order valence-electron chi connectivity index (χ4n) is 2.97. The quantitative estimate of drug-likeness (QED) is 0.825. The molecule has 0 aliphatic carbocycles. The van der Waals surface area contributed by atoms with Gasteiger partial charge >= 0.3 is 0 Å². The van der Waals surface area contributed by atoms with Crippen LogP contribution in [-0.2, 0) is 26.1 Å². The van der Waals surface area contributed by atoms with Gasteiger partial charge in [0.05, 0.1) is 12.8 Å². The topological polar surface area (TPSA) is 28.4 Å². The van der Waals surface area contributed by atoms with Crippen molar-refractivity contribution in [2.24, 2.45) is 0 Å². The van der Waals surface area contributed by atoms with E-state index in [-0.39, 0.29) is 0 Å². The zero-order chi connectivity index (χ0) is 14.5. The maximum Gasteiger partial charge on any atom is 0.122 e. The summed E-state index contributed by atoms with van der Waals surface area (Å²) in [4.78, 5) is 2.51. The van der Waals surface area contributed by atoms with Gasteiger partial charge in [-0.15, -0.1) is 0 Å². The first-order valence-electron chi connectivity index (χ1n) is 7.92. The van der Waals surface area contributed by atoms with Crippen molar-refractivity contribution in [3.63, 3.8) is 0 Å². The molecule has 0 saturated carbocycles. The highest BCUT2D eigenvalue weighted by Crippen LogP contribution is 2.21. The Morgan fingerprint density at radius 1 is 1.19 bits per heavy atom. The summed E-state index contributed by atoms with van der Waals surface area (Å²) in [6.07, 6.45) is 4.12. The highest BCUT2D eigenvalue weighted by Gasteiger charge is 2.17. The summed E-state index contributed by atoms with van der Waals surface area (Å²) in [5, 5.41) is 3.42. The Hall–Kier alpha value is -1.58. The van der Waals surface area contributed by atoms with Gasteiger partial charge in [-0.25, -0.2) is 0 Å². The largest absolute Gasteiger partial charge is 0.468 e. The van der Waals surface area contributed by atoms with E-state index in [1.807, 2.05) is 6.26 Å². The Balaban J connectivity index is 1.62. The molecule has 1 aromatic heterocycles. The van der Waals surface area contributed by atoms with Gasteiger partial charge < -0.3 is 9.73 Å². The van der Waals surface area contributed by atoms with Crippen molar-refractivity contribution in [1.82, 2.24) is 10.2 Å². The molecule has 0 amide bonds. The molecule has 0 radical (unpaired) electrons. The predicted molar refractivity (Wildman–Crippen MR) is 85.0 cm³/mol. The van der Waals surface area contributed by atoms with Crippen LogP contribution in [0.1, 0.15) is 35.8 Å². The van der Waals surface area contributed by atoms with E-state index in [9.17, 15) is 0 Å². The molecule has 112 valence electrons. The lowest BCUT2D eigenvalue weighted by molar-refractivity contribution is 0.243. The second-order valence-corrected chi connectivity index (χ2v) is 5.78. The molecule has 0 fully saturated rings. The van der Waals surface area contributed by atoms with Crippen LogP contribution in [0.2, 0.25) is 0 Å². The summed E-state index contributed by atoms with van der Waals surface area (Å²) in [6, 6.07) is 10.9. The zero-order valence-corrected chi connectivity index (χ0v) is 12.8. The minimum atomic E-state index is 0.834. The molecule has 3 heteroatoms. The summed E-state index contributed by atoms with van der Waals surface area (Å²) < 4.78 is 5.63. The maximum atomic E-state index is 5.63. The average Bonchev–Trinajstić information content (AvgIpc) is 2.95. The van der Waals surface area contributed by atoms with E-state index in [0.717, 1.165) is 51.3 Å². The van der Waals surface area contributed by atoms with Crippen molar-refractivity contribution in [1.29, 1.82) is 0 Å². The fraction of sp³-hybridized carbons (Fsp3) is 0.444. The van der Waals surface area contributed by atoms with Gasteiger partial charge in [-0.05, 0) is 36.6 Å². The molecule has 0 saturated heterocycles. The monoisotopic (exact) mass is 284 g/mol. The van der Waals surface area contributed by atoms with Crippen LogP contribution in [0.3, 0.4) is 0 Å². The Kier molecular flexibility index (Phi) is 4.73. The van der Waals surface area contributed by atoms with Crippen LogP contribution in [0.25, 0.3) is 0 Å². The van der Waals surface area contributed by atoms with E-state index in [4.69, 9.17) is 4.42 Å². The number of nitrogens with zero attached hydrogens (tertiary/aromatic N) is 1. The molecule has 21 heavy (non-hydrogen) atoms. The second-order valence-electron chi connectivity index (χ2n) is 5.78. The van der Waals surface area contributed by atoms with Crippen molar-refractivity contribution >= 4 is 0 Å². The van der Waals surface area contributed by atoms with Crippen molar-refractivity contribution in [3.05, 3.63) is 59.0 Å². The number of furan rings is 1. The minimum absolute atomic E-state index is 0.834. The molecular formula is C18H24N2O. The van der Waals surface area contributed by atoms with Crippen LogP contribution in [-0.4, -0.2) is 18.0 Å². The molecule has 1 N–H and O–H groups in total. The van der Waals surface area contributed by atoms with E-state index in [1.165, 1.54) is 16.7 Å². The van der Waals surface area contributed by atoms with Crippen molar-refractivity contribution in [2.75, 3.05) is 13.1 Å². The maximum absolute atomic E-state index is 5.63. The van der Waals surface area contributed by atoms with Crippen LogP contribution in [0.5, 0.6) is 0 Å². The van der Waals surface area contributed by atoms with Gasteiger partial charge in [0.25, 0.3) is 0 Å². The van der Waals surface area contributed by atoms with E-state index in [0.29, 0.717) is 0 Å². The number of rotatable bonds is 6. The van der Waals surface area contributed by atoms with Crippen LogP contribution in [0.4, 0.5) is 0 Å². The lowest BCUT2D eigenvalue weighted by Gasteiger charge is -2.28. The molecule has 2 heterocycles. The number of benzene rings is 1. The molecule has 2 aromatic rings. The number of hydrogen-bond acceptors (Lipinski definition) is 3. The van der Waals surface area contributed by atoms with E-state index in [2.05, 4.69) is 47.5 Å². The molecule has 1 aromatic carbocycles. The number of fused-ring (bicyclic) bond motifs is 1. The standard InChI is InChI=1S/C18H24N2O/c1-2-9-19-12-18-17(8-11-21-18)14-20-10-7-15-5-3-4-6-16(15)13-20/h3-6,8,11,19H,2,7,9-10,12-14H2,1H3. The van der Waals surface area contributed by atoms with E-state index in [1.54, 1.807) is 0 Å². The van der Waals surface area contributed by atoms with Crippen LogP contribution >= 0.6 is 0 Å². The Labute approximate surface area is 127 Å². The van der Waals surface area contributed by atoms with Gasteiger partial charge in [-0.2, -0.15) is 0 Å². The highest BCUT2D eigenvalue weighted by atomic mass is 16.3. The Morgan fingerprint density at radius 3 is 2.90 bits per heavy atom. The van der Waals surface area contributed by atoms with Crippen LogP contribution in [0, 0.1) is 0 Å². The molecule has 3 rings (SSSR count). The van der Waals surface area contributed by atoms with Crippen molar-refractivity contribution in [2.45, 2.75) is 39.4 Å². The van der Waals surface area contributed by atoms with E-state index < -0.39 is 0 Å². The highest BCUT2D eigenvalue weighted by molar-refractivity contribution is 5.29. The fourth-order valence-corrected chi connectivity index (χ4v) is 2.97. The smallest absolute Gasteiger partial charge is 0.122 e. The molecule has 1 aliphatic heterocycles. The summed E-state index contributed by atoms with van der Waals surface area (Å²) in [7, 11) is 0. The van der Waals surface area contributed by atoms with Gasteiger partial charge in [0.15, 0.2) is 0 Å². The van der Waals surface area contributed by atoms with Crippen LogP contribution in [0.15, 0.2) is 41.0 Å². The summed E-state index contributed by atoms with van der Waals surface area (Å²) >= 11 is 0. The van der Waals surface area contributed by atoms with Crippen LogP contribution < -0.4 is 5.32 Å². The third kappa shape index (κ3) is 3.55. The van der Waals surface area contributed by atoms with Crippen molar-refractivity contribution in [3.8, 4) is 0 Å². The first-order chi connectivity index (χ1) is 10.4. The zero-order valence-electron chi connectivity index (χ0n) is 12.8. The summed E-state index contributed by atoms with van der Waals surface area (Å²) in [5.41, 5.74) is 4.29. The Morgan fingerprint density at radius 2 is 2.05 bits per heavy atom. The first kappa shape index (κ1) is 14.4. The molecular weight excluding hydrogens is 260 g/mol. The predicted octanol–water partition coefficient (Wildman–Crippen LogP) is 3.34. The van der Waals surface area contributed by atoms with Gasteiger partial charge in [0, 0.05) is 25.2 Å². The number of hydrogen-bond donors (Lipinski definition) is 1. The molecule has 3 nitrogen and oxygen atoms in total. The normalized spacial score (nSPS) is 15.1. The van der Waals surface area contributed by atoms with Gasteiger partial charge in [0.2, 0.25) is 0 Å². The molecule has 0 bridgehead atoms. The lowest BCUT2D eigenvalue weighted by atomic mass is 9.99. The average molecular weight is 284 g/mol. The van der Waals surface area contributed by atoms with E-state index >= 15 is 0 Å². The summed E-state index contributed by atoms with van der Waals surface area (Å²) in [6.45, 7) is 7.21. The van der Waals surface area contributed by atoms with Gasteiger partial charge in [0.1, 0.15) is 5.76 Å². The third-order valence-electron chi connectivity index (χ3n) is 4.15. The minimum Gasteiger partial charge on any atom is -0.468 e. The lowest BCUT2D eigenvalue weighted by Crippen LogP contribution is -2.30. The van der Waals surface area contributed by atoms with Gasteiger partial charge in [-0.1, -0.05) is 31.2 Å². The second kappa shape index (κ2) is 6.92. The Bertz CT molecular complexity index is 576.